The van der Waals surface area contributed by atoms with Gasteiger partial charge >= 0.3 is 5.97 Å². The van der Waals surface area contributed by atoms with Crippen molar-refractivity contribution < 1.29 is 24.1 Å². The number of rotatable bonds is 11. The molecule has 1 N–H and O–H groups in total. The van der Waals surface area contributed by atoms with E-state index >= 15 is 0 Å². The number of thiophene rings is 1. The van der Waals surface area contributed by atoms with E-state index in [0.29, 0.717) is 46.7 Å². The largest absolute Gasteiger partial charge is 0.485 e. The molecule has 8 heteroatoms. The molecule has 0 radical (unpaired) electrons. The van der Waals surface area contributed by atoms with Crippen LogP contribution in [0.2, 0.25) is 0 Å². The van der Waals surface area contributed by atoms with Gasteiger partial charge in [0.25, 0.3) is 0 Å². The molecule has 47 heavy (non-hydrogen) atoms. The quantitative estimate of drug-likeness (QED) is 0.141. The van der Waals surface area contributed by atoms with Gasteiger partial charge in [0, 0.05) is 40.1 Å². The number of carboxylic acid groups (broad SMARTS) is 1. The molecule has 0 bridgehead atoms. The van der Waals surface area contributed by atoms with E-state index in [0.717, 1.165) is 32.1 Å². The van der Waals surface area contributed by atoms with Crippen LogP contribution >= 0.6 is 11.3 Å². The molecule has 230 valence electrons. The third-order valence-electron chi connectivity index (χ3n) is 7.50. The molecule has 0 unspecified atom stereocenters. The minimum atomic E-state index is -1.06. The number of carboxylic acids is 1. The van der Waals surface area contributed by atoms with Crippen LogP contribution in [-0.2, 0) is 18.0 Å². The zero-order chi connectivity index (χ0) is 32.0. The minimum Gasteiger partial charge on any atom is -0.485 e. The lowest BCUT2D eigenvalue weighted by molar-refractivity contribution is -0.130. The van der Waals surface area contributed by atoms with Gasteiger partial charge < -0.3 is 19.3 Å². The van der Waals surface area contributed by atoms with Gasteiger partial charge in [0.1, 0.15) is 19.0 Å². The fraction of sp³-hybridized carbons (Fsp3) is 0.0513. The van der Waals surface area contributed by atoms with Crippen LogP contribution in [0.3, 0.4) is 0 Å². The molecule has 0 aliphatic rings. The Labute approximate surface area is 275 Å². The number of benzene rings is 4. The molecule has 0 aliphatic heterocycles. The fourth-order valence-corrected chi connectivity index (χ4v) is 6.25. The van der Waals surface area contributed by atoms with Crippen molar-refractivity contribution in [3.8, 4) is 23.0 Å². The Balaban J connectivity index is 1.36. The summed E-state index contributed by atoms with van der Waals surface area (Å²) in [6.45, 7) is 0.690. The van der Waals surface area contributed by atoms with Crippen LogP contribution in [0.1, 0.15) is 21.6 Å². The van der Waals surface area contributed by atoms with Gasteiger partial charge in [-0.15, -0.1) is 11.3 Å². The van der Waals surface area contributed by atoms with Crippen LogP contribution < -0.4 is 14.2 Å². The summed E-state index contributed by atoms with van der Waals surface area (Å²) >= 11 is 1.42. The summed E-state index contributed by atoms with van der Waals surface area (Å²) in [5, 5.41) is 11.9. The van der Waals surface area contributed by atoms with Crippen molar-refractivity contribution in [2.75, 3.05) is 0 Å². The van der Waals surface area contributed by atoms with Crippen molar-refractivity contribution in [1.82, 2.24) is 9.97 Å². The zero-order valence-corrected chi connectivity index (χ0v) is 25.9. The normalized spacial score (nSPS) is 11.4. The average molecular weight is 637 g/mol. The highest BCUT2D eigenvalue weighted by Crippen LogP contribution is 2.47. The number of nitrogens with zero attached hydrogens (tertiary/aromatic N) is 2. The van der Waals surface area contributed by atoms with Crippen molar-refractivity contribution in [1.29, 1.82) is 0 Å². The number of carbonyl (C=O) groups is 1. The van der Waals surface area contributed by atoms with Gasteiger partial charge in [-0.05, 0) is 65.2 Å². The highest BCUT2D eigenvalue weighted by Gasteiger charge is 2.21. The first kappa shape index (κ1) is 29.7. The second-order valence-electron chi connectivity index (χ2n) is 10.7. The third kappa shape index (κ3) is 6.83. The molecule has 0 saturated heterocycles. The molecular weight excluding hydrogens is 609 g/mol. The summed E-state index contributed by atoms with van der Waals surface area (Å²) in [6.07, 6.45) is 6.54. The topological polar surface area (TPSA) is 90.8 Å². The number of aromatic nitrogens is 2. The SMILES string of the molecule is O=C(O)C(=Cc1sc2cc(OCc3ccccc3)c(OCc3ccccc3)cc2c1Oc1ccc2ncccc2c1)c1ccncc1. The number of ether oxygens (including phenoxy) is 3. The van der Waals surface area contributed by atoms with Crippen molar-refractivity contribution in [2.45, 2.75) is 13.2 Å². The predicted octanol–water partition coefficient (Wildman–Crippen LogP) is 9.42. The van der Waals surface area contributed by atoms with Gasteiger partial charge in [-0.3, -0.25) is 9.97 Å². The third-order valence-corrected chi connectivity index (χ3v) is 8.58. The zero-order valence-electron chi connectivity index (χ0n) is 25.1. The van der Waals surface area contributed by atoms with E-state index in [1.807, 2.05) is 103 Å². The highest BCUT2D eigenvalue weighted by atomic mass is 32.1. The maximum atomic E-state index is 12.5. The van der Waals surface area contributed by atoms with Crippen molar-refractivity contribution in [2.24, 2.45) is 0 Å². The molecule has 0 atom stereocenters. The fourth-order valence-electron chi connectivity index (χ4n) is 5.16. The summed E-state index contributed by atoms with van der Waals surface area (Å²) in [5.74, 6) is 1.17. The Kier molecular flexibility index (Phi) is 8.57. The highest BCUT2D eigenvalue weighted by molar-refractivity contribution is 7.20. The molecule has 0 fully saturated rings. The molecule has 7 rings (SSSR count). The monoisotopic (exact) mass is 636 g/mol. The van der Waals surface area contributed by atoms with E-state index in [1.54, 1.807) is 36.8 Å². The molecule has 0 amide bonds. The molecule has 0 aliphatic carbocycles. The lowest BCUT2D eigenvalue weighted by atomic mass is 10.1. The van der Waals surface area contributed by atoms with Crippen LogP contribution in [-0.4, -0.2) is 21.0 Å². The lowest BCUT2D eigenvalue weighted by Gasteiger charge is -2.14. The average Bonchev–Trinajstić information content (AvgIpc) is 3.44. The minimum absolute atomic E-state index is 0.118. The van der Waals surface area contributed by atoms with Gasteiger partial charge in [0.2, 0.25) is 0 Å². The van der Waals surface area contributed by atoms with Crippen LogP contribution in [0.4, 0.5) is 0 Å². The van der Waals surface area contributed by atoms with Crippen LogP contribution in [0, 0.1) is 0 Å². The van der Waals surface area contributed by atoms with Crippen LogP contribution in [0.25, 0.3) is 32.6 Å². The number of hydrogen-bond acceptors (Lipinski definition) is 7. The smallest absolute Gasteiger partial charge is 0.336 e. The number of hydrogen-bond donors (Lipinski definition) is 1. The van der Waals surface area contributed by atoms with Gasteiger partial charge in [-0.25, -0.2) is 4.79 Å². The van der Waals surface area contributed by atoms with Gasteiger partial charge in [-0.2, -0.15) is 0 Å². The second kappa shape index (κ2) is 13.6. The Morgan fingerprint density at radius 2 is 1.43 bits per heavy atom. The Morgan fingerprint density at radius 1 is 0.745 bits per heavy atom. The molecule has 0 saturated carbocycles. The molecule has 0 spiro atoms. The first-order valence-corrected chi connectivity index (χ1v) is 15.7. The van der Waals surface area contributed by atoms with Crippen molar-refractivity contribution in [3.05, 3.63) is 155 Å². The summed E-state index contributed by atoms with van der Waals surface area (Å²) in [6, 6.07) is 36.6. The first-order valence-electron chi connectivity index (χ1n) is 14.9. The van der Waals surface area contributed by atoms with E-state index < -0.39 is 5.97 Å². The van der Waals surface area contributed by atoms with Crippen LogP contribution in [0.15, 0.2) is 134 Å². The van der Waals surface area contributed by atoms with Crippen molar-refractivity contribution >= 4 is 49.9 Å². The van der Waals surface area contributed by atoms with E-state index in [1.165, 1.54) is 11.3 Å². The molecule has 3 aromatic heterocycles. The maximum absolute atomic E-state index is 12.5. The van der Waals surface area contributed by atoms with Gasteiger partial charge in [-0.1, -0.05) is 66.7 Å². The predicted molar refractivity (Wildman–Crippen MR) is 185 cm³/mol. The number of fused-ring (bicyclic) bond motifs is 2. The molecule has 3 heterocycles. The van der Waals surface area contributed by atoms with E-state index in [-0.39, 0.29) is 5.57 Å². The Hall–Kier alpha value is -5.99. The Morgan fingerprint density at radius 3 is 2.11 bits per heavy atom. The summed E-state index contributed by atoms with van der Waals surface area (Å²) in [5.41, 5.74) is 3.53. The van der Waals surface area contributed by atoms with Crippen LogP contribution in [0.5, 0.6) is 23.0 Å². The van der Waals surface area contributed by atoms with E-state index in [2.05, 4.69) is 9.97 Å². The standard InChI is InChI=1S/C39H28N2O5S/c42-39(43)31(28-15-18-40-19-16-28)22-37-38(46-30-13-14-33-29(20-30)12-7-17-41-33)32-21-34(44-24-26-8-3-1-4-9-26)35(23-36(32)47-37)45-25-27-10-5-2-6-11-27/h1-23H,24-25H2,(H,42,43). The summed E-state index contributed by atoms with van der Waals surface area (Å²) in [7, 11) is 0. The molecule has 7 aromatic rings. The second-order valence-corrected chi connectivity index (χ2v) is 11.8. The Bertz CT molecular complexity index is 2200. The lowest BCUT2D eigenvalue weighted by Crippen LogP contribution is -2.00. The number of aliphatic carboxylic acids is 1. The molecule has 7 nitrogen and oxygen atoms in total. The molecular formula is C39H28N2O5S. The van der Waals surface area contributed by atoms with Gasteiger partial charge in [0.05, 0.1) is 16.0 Å². The van der Waals surface area contributed by atoms with Crippen molar-refractivity contribution in [3.63, 3.8) is 0 Å². The first-order chi connectivity index (χ1) is 23.1. The van der Waals surface area contributed by atoms with E-state index in [4.69, 9.17) is 14.2 Å². The van der Waals surface area contributed by atoms with E-state index in [9.17, 15) is 9.90 Å². The number of pyridine rings is 2. The van der Waals surface area contributed by atoms with Gasteiger partial charge in [0.15, 0.2) is 17.2 Å². The maximum Gasteiger partial charge on any atom is 0.336 e. The summed E-state index contributed by atoms with van der Waals surface area (Å²) < 4.78 is 20.2. The molecule has 4 aromatic carbocycles. The summed E-state index contributed by atoms with van der Waals surface area (Å²) in [4.78, 5) is 21.6.